The van der Waals surface area contributed by atoms with Crippen molar-refractivity contribution in [3.63, 3.8) is 0 Å². The Balaban J connectivity index is 1.61. The van der Waals surface area contributed by atoms with E-state index in [0.717, 1.165) is 15.7 Å². The quantitative estimate of drug-likeness (QED) is 0.562. The lowest BCUT2D eigenvalue weighted by Crippen LogP contribution is -2.53. The summed E-state index contributed by atoms with van der Waals surface area (Å²) in [7, 11) is 0. The predicted molar refractivity (Wildman–Crippen MR) is 115 cm³/mol. The van der Waals surface area contributed by atoms with Gasteiger partial charge in [0.2, 0.25) is 0 Å². The lowest BCUT2D eigenvalue weighted by atomic mass is 10.00. The van der Waals surface area contributed by atoms with E-state index < -0.39 is 0 Å². The minimum atomic E-state index is -0.0669. The summed E-state index contributed by atoms with van der Waals surface area (Å²) >= 11 is 15.8. The van der Waals surface area contributed by atoms with E-state index in [2.05, 4.69) is 36.6 Å². The van der Waals surface area contributed by atoms with Crippen LogP contribution in [0.15, 0.2) is 46.9 Å². The van der Waals surface area contributed by atoms with Crippen molar-refractivity contribution in [2.24, 2.45) is 5.92 Å². The number of carbonyl (C=O) groups is 1. The Labute approximate surface area is 186 Å². The number of nitrogens with one attached hydrogen (secondary N) is 1. The van der Waals surface area contributed by atoms with Crippen LogP contribution < -0.4 is 4.90 Å². The molecule has 0 radical (unpaired) electrons. The summed E-state index contributed by atoms with van der Waals surface area (Å²) < 4.78 is 0.957. The van der Waals surface area contributed by atoms with Gasteiger partial charge in [0.15, 0.2) is 5.82 Å². The molecule has 0 bridgehead atoms. The SMILES string of the molecule is O=C1N(Cc2ccc(Cl)cc2Cl)CC(Cc2nn[nH]n2)CN1c1ccc(Br)cc1. The van der Waals surface area contributed by atoms with E-state index in [0.29, 0.717) is 41.9 Å². The number of urea groups is 1. The third kappa shape index (κ3) is 4.71. The first-order valence-corrected chi connectivity index (χ1v) is 10.5. The molecule has 1 aromatic heterocycles. The molecule has 0 aliphatic carbocycles. The standard InChI is InChI=1S/C19H17BrCl2N6O/c20-14-2-5-16(6-3-14)28-10-12(7-18-23-25-26-24-18)9-27(19(28)29)11-13-1-4-15(21)8-17(13)22/h1-6,8,12H,7,9-11H2,(H,23,24,25,26). The largest absolute Gasteiger partial charge is 0.324 e. The van der Waals surface area contributed by atoms with Crippen LogP contribution in [0.4, 0.5) is 10.5 Å². The molecule has 0 spiro atoms. The zero-order chi connectivity index (χ0) is 20.4. The number of amides is 2. The van der Waals surface area contributed by atoms with Crippen molar-refractivity contribution < 1.29 is 4.79 Å². The van der Waals surface area contributed by atoms with Crippen molar-refractivity contribution in [2.45, 2.75) is 13.0 Å². The summed E-state index contributed by atoms with van der Waals surface area (Å²) in [6, 6.07) is 12.9. The number of aromatic nitrogens is 4. The van der Waals surface area contributed by atoms with Crippen LogP contribution in [0.3, 0.4) is 0 Å². The molecule has 1 saturated heterocycles. The molecule has 0 saturated carbocycles. The molecule has 10 heteroatoms. The molecular weight excluding hydrogens is 479 g/mol. The van der Waals surface area contributed by atoms with Gasteiger partial charge in [-0.3, -0.25) is 4.90 Å². The second-order valence-electron chi connectivity index (χ2n) is 6.88. The fourth-order valence-corrected chi connectivity index (χ4v) is 4.17. The van der Waals surface area contributed by atoms with Crippen LogP contribution in [0.2, 0.25) is 10.0 Å². The number of H-pyrrole nitrogens is 1. The van der Waals surface area contributed by atoms with Crippen LogP contribution in [-0.2, 0) is 13.0 Å². The smallest absolute Gasteiger partial charge is 0.320 e. The molecule has 1 N–H and O–H groups in total. The normalized spacial score (nSPS) is 17.1. The summed E-state index contributed by atoms with van der Waals surface area (Å²) in [5.74, 6) is 0.768. The highest BCUT2D eigenvalue weighted by Crippen LogP contribution is 2.28. The molecule has 4 rings (SSSR count). The van der Waals surface area contributed by atoms with Crippen LogP contribution in [-0.4, -0.2) is 44.6 Å². The molecule has 3 aromatic rings. The predicted octanol–water partition coefficient (Wildman–Crippen LogP) is 4.57. The number of anilines is 1. The summed E-state index contributed by atoms with van der Waals surface area (Å²) in [6.45, 7) is 1.53. The Kier molecular flexibility index (Phi) is 6.03. The highest BCUT2D eigenvalue weighted by Gasteiger charge is 2.33. The van der Waals surface area contributed by atoms with Crippen molar-refractivity contribution >= 4 is 50.9 Å². The number of rotatable bonds is 5. The summed E-state index contributed by atoms with van der Waals surface area (Å²) in [6.07, 6.45) is 0.613. The molecule has 1 fully saturated rings. The van der Waals surface area contributed by atoms with Gasteiger partial charge in [0.25, 0.3) is 0 Å². The minimum absolute atomic E-state index is 0.0669. The van der Waals surface area contributed by atoms with Gasteiger partial charge >= 0.3 is 6.03 Å². The van der Waals surface area contributed by atoms with Crippen LogP contribution in [0.1, 0.15) is 11.4 Å². The number of halogens is 3. The van der Waals surface area contributed by atoms with Crippen molar-refractivity contribution in [3.8, 4) is 0 Å². The molecule has 2 amide bonds. The summed E-state index contributed by atoms with van der Waals surface area (Å²) in [5, 5.41) is 15.3. The maximum Gasteiger partial charge on any atom is 0.324 e. The Morgan fingerprint density at radius 1 is 1.14 bits per heavy atom. The highest BCUT2D eigenvalue weighted by atomic mass is 79.9. The van der Waals surface area contributed by atoms with E-state index in [1.54, 1.807) is 21.9 Å². The molecule has 1 aliphatic rings. The van der Waals surface area contributed by atoms with Gasteiger partial charge in [-0.25, -0.2) is 4.79 Å². The van der Waals surface area contributed by atoms with E-state index in [1.165, 1.54) is 0 Å². The first kappa shape index (κ1) is 20.1. The van der Waals surface area contributed by atoms with Crippen LogP contribution in [0, 0.1) is 5.92 Å². The van der Waals surface area contributed by atoms with Gasteiger partial charge in [0.05, 0.1) is 0 Å². The maximum atomic E-state index is 13.3. The van der Waals surface area contributed by atoms with Gasteiger partial charge < -0.3 is 4.90 Å². The average molecular weight is 496 g/mol. The van der Waals surface area contributed by atoms with Crippen LogP contribution >= 0.6 is 39.1 Å². The molecule has 1 atom stereocenters. The van der Waals surface area contributed by atoms with Gasteiger partial charge in [0, 0.05) is 52.2 Å². The van der Waals surface area contributed by atoms with E-state index in [1.807, 2.05) is 30.3 Å². The Hall–Kier alpha value is -2.16. The zero-order valence-corrected chi connectivity index (χ0v) is 18.3. The number of aromatic amines is 1. The Morgan fingerprint density at radius 3 is 2.62 bits per heavy atom. The summed E-state index contributed by atoms with van der Waals surface area (Å²) in [5.41, 5.74) is 1.68. The molecule has 29 heavy (non-hydrogen) atoms. The molecule has 1 aliphatic heterocycles. The lowest BCUT2D eigenvalue weighted by Gasteiger charge is -2.40. The van der Waals surface area contributed by atoms with E-state index in [9.17, 15) is 4.79 Å². The van der Waals surface area contributed by atoms with Gasteiger partial charge in [-0.1, -0.05) is 50.4 Å². The maximum absolute atomic E-state index is 13.3. The number of hydrogen-bond acceptors (Lipinski definition) is 4. The number of nitrogens with zero attached hydrogens (tertiary/aromatic N) is 5. The summed E-state index contributed by atoms with van der Waals surface area (Å²) in [4.78, 5) is 16.8. The number of hydrogen-bond donors (Lipinski definition) is 1. The highest BCUT2D eigenvalue weighted by molar-refractivity contribution is 9.10. The fourth-order valence-electron chi connectivity index (χ4n) is 3.44. The molecular formula is C19H17BrCl2N6O. The van der Waals surface area contributed by atoms with Crippen molar-refractivity contribution in [1.82, 2.24) is 25.5 Å². The second kappa shape index (κ2) is 8.69. The third-order valence-corrected chi connectivity index (χ3v) is 5.91. The fraction of sp³-hybridized carbons (Fsp3) is 0.263. The first-order valence-electron chi connectivity index (χ1n) is 8.98. The first-order chi connectivity index (χ1) is 14.0. The van der Waals surface area contributed by atoms with Gasteiger partial charge in [0.1, 0.15) is 0 Å². The van der Waals surface area contributed by atoms with E-state index in [4.69, 9.17) is 23.2 Å². The van der Waals surface area contributed by atoms with Gasteiger partial charge in [-0.2, -0.15) is 5.21 Å². The van der Waals surface area contributed by atoms with Crippen LogP contribution in [0.25, 0.3) is 0 Å². The Morgan fingerprint density at radius 2 is 1.93 bits per heavy atom. The van der Waals surface area contributed by atoms with E-state index >= 15 is 0 Å². The number of benzene rings is 2. The monoisotopic (exact) mass is 494 g/mol. The molecule has 2 heterocycles. The minimum Gasteiger partial charge on any atom is -0.320 e. The zero-order valence-electron chi connectivity index (χ0n) is 15.2. The van der Waals surface area contributed by atoms with Gasteiger partial charge in [-0.05, 0) is 42.0 Å². The van der Waals surface area contributed by atoms with Gasteiger partial charge in [-0.15, -0.1) is 10.2 Å². The van der Waals surface area contributed by atoms with Crippen molar-refractivity contribution in [3.05, 3.63) is 68.4 Å². The second-order valence-corrected chi connectivity index (χ2v) is 8.64. The van der Waals surface area contributed by atoms with Crippen LogP contribution in [0.5, 0.6) is 0 Å². The average Bonchev–Trinajstić information content (AvgIpc) is 3.20. The topological polar surface area (TPSA) is 78.0 Å². The van der Waals surface area contributed by atoms with Crippen molar-refractivity contribution in [2.75, 3.05) is 18.0 Å². The number of tetrazole rings is 1. The molecule has 150 valence electrons. The number of carbonyl (C=O) groups excluding carboxylic acids is 1. The molecule has 1 unspecified atom stereocenters. The Bertz CT molecular complexity index is 998. The van der Waals surface area contributed by atoms with E-state index in [-0.39, 0.29) is 11.9 Å². The lowest BCUT2D eigenvalue weighted by molar-refractivity contribution is 0.174. The molecule has 2 aromatic carbocycles. The molecule has 7 nitrogen and oxygen atoms in total. The van der Waals surface area contributed by atoms with Crippen molar-refractivity contribution in [1.29, 1.82) is 0 Å². The third-order valence-electron chi connectivity index (χ3n) is 4.80.